The van der Waals surface area contributed by atoms with Crippen LogP contribution in [0.4, 0.5) is 18.9 Å². The van der Waals surface area contributed by atoms with Crippen LogP contribution in [0.3, 0.4) is 0 Å². The molecular weight excluding hydrogens is 469 g/mol. The first kappa shape index (κ1) is 25.5. The first-order valence-corrected chi connectivity index (χ1v) is 10.6. The summed E-state index contributed by atoms with van der Waals surface area (Å²) < 4.78 is 51.4. The summed E-state index contributed by atoms with van der Waals surface area (Å²) in [6, 6.07) is 7.47. The summed E-state index contributed by atoms with van der Waals surface area (Å²) in [6.07, 6.45) is -2.74. The fourth-order valence-electron chi connectivity index (χ4n) is 3.24. The lowest BCUT2D eigenvalue weighted by Gasteiger charge is -2.21. The number of nitrogens with one attached hydrogen (secondary N) is 2. The number of esters is 1. The Hall–Kier alpha value is -4.09. The highest BCUT2D eigenvalue weighted by atomic mass is 19.4. The van der Waals surface area contributed by atoms with E-state index in [4.69, 9.17) is 9.15 Å². The van der Waals surface area contributed by atoms with Crippen molar-refractivity contribution in [1.29, 1.82) is 0 Å². The standard InChI is InChI=1S/C23H23F3N4O5/c1-4-34-22(33)16-12-27-30(19(16)23(24,25)26)15-9-7-14(8-10-15)28-21(32)18(13(2)3)29-20(31)17-6-5-11-35-17/h5-13,18H,4H2,1-3H3,(H,28,32)(H,29,31). The first-order valence-electron chi connectivity index (χ1n) is 10.6. The van der Waals surface area contributed by atoms with Gasteiger partial charge >= 0.3 is 12.1 Å². The molecular formula is C23H23F3N4O5. The number of carbonyl (C=O) groups excluding carboxylic acids is 3. The summed E-state index contributed by atoms with van der Waals surface area (Å²) in [5, 5.41) is 8.93. The normalized spacial score (nSPS) is 12.3. The van der Waals surface area contributed by atoms with E-state index in [1.54, 1.807) is 19.9 Å². The Bertz CT molecular complexity index is 1180. The van der Waals surface area contributed by atoms with E-state index in [0.29, 0.717) is 4.68 Å². The Morgan fingerprint density at radius 2 is 1.83 bits per heavy atom. The molecule has 1 unspecified atom stereocenters. The number of alkyl halides is 3. The summed E-state index contributed by atoms with van der Waals surface area (Å²) in [5.41, 5.74) is -1.68. The van der Waals surface area contributed by atoms with Gasteiger partial charge in [-0.05, 0) is 49.2 Å². The molecule has 12 heteroatoms. The molecule has 0 aliphatic rings. The maximum absolute atomic E-state index is 13.7. The summed E-state index contributed by atoms with van der Waals surface area (Å²) in [4.78, 5) is 37.0. The Morgan fingerprint density at radius 1 is 1.14 bits per heavy atom. The van der Waals surface area contributed by atoms with E-state index in [1.165, 1.54) is 43.5 Å². The number of furan rings is 1. The SMILES string of the molecule is CCOC(=O)c1cnn(-c2ccc(NC(=O)C(NC(=O)c3ccco3)C(C)C)cc2)c1C(F)(F)F. The molecule has 1 atom stereocenters. The van der Waals surface area contributed by atoms with Crippen LogP contribution in [0.5, 0.6) is 0 Å². The van der Waals surface area contributed by atoms with Crippen molar-refractivity contribution in [2.45, 2.75) is 33.0 Å². The highest BCUT2D eigenvalue weighted by molar-refractivity contribution is 6.00. The maximum atomic E-state index is 13.7. The monoisotopic (exact) mass is 492 g/mol. The van der Waals surface area contributed by atoms with Gasteiger partial charge in [0, 0.05) is 5.69 Å². The number of carbonyl (C=O) groups is 3. The number of hydrogen-bond acceptors (Lipinski definition) is 6. The van der Waals surface area contributed by atoms with Crippen LogP contribution in [0.1, 0.15) is 47.4 Å². The van der Waals surface area contributed by atoms with E-state index >= 15 is 0 Å². The van der Waals surface area contributed by atoms with Crippen molar-refractivity contribution in [1.82, 2.24) is 15.1 Å². The van der Waals surface area contributed by atoms with Crippen LogP contribution in [0.25, 0.3) is 5.69 Å². The van der Waals surface area contributed by atoms with Gasteiger partial charge in [0.15, 0.2) is 11.5 Å². The molecule has 0 radical (unpaired) electrons. The Labute approximate surface area is 198 Å². The Morgan fingerprint density at radius 3 is 2.37 bits per heavy atom. The molecule has 0 spiro atoms. The third kappa shape index (κ3) is 5.89. The van der Waals surface area contributed by atoms with Gasteiger partial charge in [-0.25, -0.2) is 9.48 Å². The van der Waals surface area contributed by atoms with Crippen LogP contribution in [0, 0.1) is 5.92 Å². The van der Waals surface area contributed by atoms with Crippen molar-refractivity contribution < 1.29 is 36.7 Å². The highest BCUT2D eigenvalue weighted by Crippen LogP contribution is 2.34. The number of rotatable bonds is 8. The second kappa shape index (κ2) is 10.5. The summed E-state index contributed by atoms with van der Waals surface area (Å²) >= 11 is 0. The second-order valence-electron chi connectivity index (χ2n) is 7.75. The van der Waals surface area contributed by atoms with E-state index in [0.717, 1.165) is 6.20 Å². The van der Waals surface area contributed by atoms with Crippen molar-refractivity contribution in [2.75, 3.05) is 11.9 Å². The largest absolute Gasteiger partial charge is 0.462 e. The lowest BCUT2D eigenvalue weighted by atomic mass is 10.0. The molecule has 2 aromatic heterocycles. The fraction of sp³-hybridized carbons (Fsp3) is 0.304. The van der Waals surface area contributed by atoms with Crippen LogP contribution in [0.2, 0.25) is 0 Å². The van der Waals surface area contributed by atoms with Gasteiger partial charge in [-0.1, -0.05) is 13.8 Å². The van der Waals surface area contributed by atoms with Crippen molar-refractivity contribution >= 4 is 23.5 Å². The van der Waals surface area contributed by atoms with Crippen molar-refractivity contribution in [3.63, 3.8) is 0 Å². The molecule has 35 heavy (non-hydrogen) atoms. The zero-order chi connectivity index (χ0) is 25.8. The van der Waals surface area contributed by atoms with Crippen LogP contribution in [0.15, 0.2) is 53.3 Å². The molecule has 2 amide bonds. The Balaban J connectivity index is 1.79. The van der Waals surface area contributed by atoms with Crippen molar-refractivity contribution in [3.05, 3.63) is 65.9 Å². The van der Waals surface area contributed by atoms with Gasteiger partial charge < -0.3 is 19.8 Å². The third-order valence-electron chi connectivity index (χ3n) is 4.89. The lowest BCUT2D eigenvalue weighted by molar-refractivity contribution is -0.143. The minimum Gasteiger partial charge on any atom is -0.462 e. The number of nitrogens with zero attached hydrogens (tertiary/aromatic N) is 2. The zero-order valence-corrected chi connectivity index (χ0v) is 19.1. The molecule has 1 aromatic carbocycles. The number of amides is 2. The molecule has 2 heterocycles. The molecule has 0 saturated heterocycles. The summed E-state index contributed by atoms with van der Waals surface area (Å²) in [7, 11) is 0. The zero-order valence-electron chi connectivity index (χ0n) is 19.1. The lowest BCUT2D eigenvalue weighted by Crippen LogP contribution is -2.47. The molecule has 0 aliphatic heterocycles. The highest BCUT2D eigenvalue weighted by Gasteiger charge is 2.41. The number of halogens is 3. The molecule has 0 bridgehead atoms. The number of ether oxygens (including phenoxy) is 1. The van der Waals surface area contributed by atoms with E-state index < -0.39 is 41.3 Å². The van der Waals surface area contributed by atoms with Crippen molar-refractivity contribution in [2.24, 2.45) is 5.92 Å². The van der Waals surface area contributed by atoms with Gasteiger partial charge in [0.05, 0.1) is 24.8 Å². The van der Waals surface area contributed by atoms with Crippen molar-refractivity contribution in [3.8, 4) is 5.69 Å². The molecule has 3 aromatic rings. The smallest absolute Gasteiger partial charge is 0.434 e. The minimum atomic E-state index is -4.87. The fourth-order valence-corrected chi connectivity index (χ4v) is 3.24. The van der Waals surface area contributed by atoms with E-state index in [2.05, 4.69) is 15.7 Å². The van der Waals surface area contributed by atoms with Crippen LogP contribution >= 0.6 is 0 Å². The summed E-state index contributed by atoms with van der Waals surface area (Å²) in [6.45, 7) is 4.88. The number of benzene rings is 1. The second-order valence-corrected chi connectivity index (χ2v) is 7.75. The minimum absolute atomic E-state index is 0.0115. The predicted molar refractivity (Wildman–Crippen MR) is 118 cm³/mol. The molecule has 2 N–H and O–H groups in total. The van der Waals surface area contributed by atoms with E-state index in [9.17, 15) is 27.6 Å². The number of hydrogen-bond donors (Lipinski definition) is 2. The molecule has 0 fully saturated rings. The maximum Gasteiger partial charge on any atom is 0.434 e. The summed E-state index contributed by atoms with van der Waals surface area (Å²) in [5.74, 6) is -2.43. The number of anilines is 1. The topological polar surface area (TPSA) is 115 Å². The number of aromatic nitrogens is 2. The van der Waals surface area contributed by atoms with Gasteiger partial charge in [0.2, 0.25) is 5.91 Å². The van der Waals surface area contributed by atoms with Crippen LogP contribution in [-0.4, -0.2) is 40.2 Å². The molecule has 9 nitrogen and oxygen atoms in total. The van der Waals surface area contributed by atoms with Gasteiger partial charge in [-0.15, -0.1) is 0 Å². The molecule has 186 valence electrons. The average Bonchev–Trinajstić information content (AvgIpc) is 3.48. The van der Waals surface area contributed by atoms with E-state index in [-0.39, 0.29) is 29.7 Å². The van der Waals surface area contributed by atoms with Crippen LogP contribution < -0.4 is 10.6 Å². The Kier molecular flexibility index (Phi) is 7.62. The average molecular weight is 492 g/mol. The first-order chi connectivity index (χ1) is 16.5. The van der Waals surface area contributed by atoms with Gasteiger partial charge in [-0.2, -0.15) is 18.3 Å². The molecule has 3 rings (SSSR count). The third-order valence-corrected chi connectivity index (χ3v) is 4.89. The van der Waals surface area contributed by atoms with Gasteiger partial charge in [0.1, 0.15) is 11.6 Å². The van der Waals surface area contributed by atoms with Gasteiger partial charge in [0.25, 0.3) is 5.91 Å². The molecule has 0 aliphatic carbocycles. The molecule has 0 saturated carbocycles. The quantitative estimate of drug-likeness (QED) is 0.459. The van der Waals surface area contributed by atoms with E-state index in [1.807, 2.05) is 0 Å². The predicted octanol–water partition coefficient (Wildman–Crippen LogP) is 4.05. The van der Waals surface area contributed by atoms with Crippen LogP contribution in [-0.2, 0) is 15.7 Å². The van der Waals surface area contributed by atoms with Gasteiger partial charge in [-0.3, -0.25) is 9.59 Å².